The van der Waals surface area contributed by atoms with E-state index in [1.54, 1.807) is 18.2 Å². The Bertz CT molecular complexity index is 1000. The maximum absolute atomic E-state index is 12.3. The molecule has 0 saturated carbocycles. The van der Waals surface area contributed by atoms with Crippen LogP contribution in [0.4, 0.5) is 13.2 Å². The molecule has 0 bridgehead atoms. The van der Waals surface area contributed by atoms with Crippen LogP contribution in [-0.2, 0) is 6.42 Å². The molecule has 0 aliphatic heterocycles. The highest BCUT2D eigenvalue weighted by Gasteiger charge is 2.30. The number of hydrogen-bond acceptors (Lipinski definition) is 4. The second-order valence-electron chi connectivity index (χ2n) is 6.87. The Labute approximate surface area is 172 Å². The van der Waals surface area contributed by atoms with E-state index in [1.165, 1.54) is 18.5 Å². The summed E-state index contributed by atoms with van der Waals surface area (Å²) in [6, 6.07) is 14.8. The third kappa shape index (κ3) is 6.14. The van der Waals surface area contributed by atoms with Crippen molar-refractivity contribution in [2.75, 3.05) is 0 Å². The van der Waals surface area contributed by atoms with Gasteiger partial charge in [-0.15, -0.1) is 13.2 Å². The van der Waals surface area contributed by atoms with Gasteiger partial charge in [0.1, 0.15) is 12.1 Å². The summed E-state index contributed by atoms with van der Waals surface area (Å²) >= 11 is 0. The zero-order chi connectivity index (χ0) is 21.6. The molecule has 30 heavy (non-hydrogen) atoms. The first kappa shape index (κ1) is 21.5. The molecular weight excluding hydrogens is 393 g/mol. The Morgan fingerprint density at radius 3 is 2.50 bits per heavy atom. The van der Waals surface area contributed by atoms with Gasteiger partial charge in [0, 0.05) is 29.7 Å². The van der Waals surface area contributed by atoms with Crippen LogP contribution in [0.25, 0.3) is 11.3 Å². The number of rotatable bonds is 8. The van der Waals surface area contributed by atoms with Gasteiger partial charge >= 0.3 is 6.36 Å². The van der Waals surface area contributed by atoms with Crippen molar-refractivity contribution >= 4 is 5.78 Å². The van der Waals surface area contributed by atoms with Crippen LogP contribution in [0.1, 0.15) is 47.8 Å². The van der Waals surface area contributed by atoms with Crippen LogP contribution in [0.5, 0.6) is 5.75 Å². The number of aromatic nitrogens is 2. The van der Waals surface area contributed by atoms with Crippen molar-refractivity contribution in [1.82, 2.24) is 9.97 Å². The lowest BCUT2D eigenvalue weighted by atomic mass is 10.0. The van der Waals surface area contributed by atoms with Gasteiger partial charge in [-0.3, -0.25) is 4.79 Å². The molecular formula is C23H21F3N2O2. The fraction of sp³-hybridized carbons (Fsp3) is 0.261. The highest BCUT2D eigenvalue weighted by Crippen LogP contribution is 2.24. The minimum atomic E-state index is -4.71. The standard InChI is InChI=1S/C23H21F3N2O2/c1-2-3-7-22(29)18-6-4-5-17(13-18)21-14-19(27-15-28-21)12-16-8-10-20(11-9-16)30-23(24,25)26/h4-6,8-11,13-15H,2-3,7,12H2,1H3. The lowest BCUT2D eigenvalue weighted by molar-refractivity contribution is -0.274. The van der Waals surface area contributed by atoms with Crippen LogP contribution in [0, 0.1) is 0 Å². The Kier molecular flexibility index (Phi) is 6.82. The average Bonchev–Trinajstić information content (AvgIpc) is 2.73. The molecule has 0 unspecified atom stereocenters. The summed E-state index contributed by atoms with van der Waals surface area (Å²) in [6.07, 6.45) is -0.510. The molecule has 0 spiro atoms. The Balaban J connectivity index is 1.74. The first-order chi connectivity index (χ1) is 14.3. The van der Waals surface area contributed by atoms with E-state index < -0.39 is 6.36 Å². The molecule has 0 N–H and O–H groups in total. The molecule has 2 aromatic carbocycles. The van der Waals surface area contributed by atoms with Gasteiger partial charge in [-0.2, -0.15) is 0 Å². The van der Waals surface area contributed by atoms with Crippen molar-refractivity contribution in [3.05, 3.63) is 77.7 Å². The van der Waals surface area contributed by atoms with Gasteiger partial charge in [0.15, 0.2) is 5.78 Å². The summed E-state index contributed by atoms with van der Waals surface area (Å²) in [4.78, 5) is 20.8. The van der Waals surface area contributed by atoms with E-state index in [0.29, 0.717) is 29.8 Å². The number of carbonyl (C=O) groups is 1. The average molecular weight is 414 g/mol. The van der Waals surface area contributed by atoms with Gasteiger partial charge in [0.2, 0.25) is 0 Å². The molecule has 0 fully saturated rings. The third-order valence-electron chi connectivity index (χ3n) is 4.50. The van der Waals surface area contributed by atoms with E-state index in [4.69, 9.17) is 0 Å². The van der Waals surface area contributed by atoms with Crippen LogP contribution in [0.15, 0.2) is 60.9 Å². The highest BCUT2D eigenvalue weighted by atomic mass is 19.4. The number of ketones is 1. The summed E-state index contributed by atoms with van der Waals surface area (Å²) in [6.45, 7) is 2.04. The van der Waals surface area contributed by atoms with Crippen molar-refractivity contribution in [2.24, 2.45) is 0 Å². The molecule has 3 rings (SSSR count). The topological polar surface area (TPSA) is 52.1 Å². The summed E-state index contributed by atoms with van der Waals surface area (Å²) in [7, 11) is 0. The smallest absolute Gasteiger partial charge is 0.406 e. The summed E-state index contributed by atoms with van der Waals surface area (Å²) in [5, 5.41) is 0. The van der Waals surface area contributed by atoms with Crippen molar-refractivity contribution in [2.45, 2.75) is 39.0 Å². The molecule has 1 aromatic heterocycles. The van der Waals surface area contributed by atoms with Crippen molar-refractivity contribution in [3.63, 3.8) is 0 Å². The summed E-state index contributed by atoms with van der Waals surface area (Å²) < 4.78 is 40.7. The fourth-order valence-electron chi connectivity index (χ4n) is 3.00. The summed E-state index contributed by atoms with van der Waals surface area (Å²) in [5.74, 6) is -0.159. The zero-order valence-electron chi connectivity index (χ0n) is 16.4. The minimum Gasteiger partial charge on any atom is -0.406 e. The van der Waals surface area contributed by atoms with Gasteiger partial charge in [-0.25, -0.2) is 9.97 Å². The van der Waals surface area contributed by atoms with Gasteiger partial charge in [-0.05, 0) is 36.2 Å². The lowest BCUT2D eigenvalue weighted by Gasteiger charge is -2.09. The molecule has 4 nitrogen and oxygen atoms in total. The molecule has 7 heteroatoms. The first-order valence-corrected chi connectivity index (χ1v) is 9.63. The van der Waals surface area contributed by atoms with Crippen molar-refractivity contribution < 1.29 is 22.7 Å². The number of ether oxygens (including phenoxy) is 1. The number of unbranched alkanes of at least 4 members (excludes halogenated alkanes) is 1. The number of Topliss-reactive ketones (excluding diaryl/α,β-unsaturated/α-hetero) is 1. The predicted molar refractivity (Wildman–Crippen MR) is 107 cm³/mol. The molecule has 0 amide bonds. The molecule has 0 atom stereocenters. The fourth-order valence-corrected chi connectivity index (χ4v) is 3.00. The third-order valence-corrected chi connectivity index (χ3v) is 4.50. The monoisotopic (exact) mass is 414 g/mol. The number of carbonyl (C=O) groups excluding carboxylic acids is 1. The molecule has 3 aromatic rings. The van der Waals surface area contributed by atoms with E-state index in [-0.39, 0.29) is 11.5 Å². The van der Waals surface area contributed by atoms with Crippen molar-refractivity contribution in [3.8, 4) is 17.0 Å². The van der Waals surface area contributed by atoms with Gasteiger partial charge in [0.25, 0.3) is 0 Å². The van der Waals surface area contributed by atoms with Crippen LogP contribution < -0.4 is 4.74 Å². The molecule has 1 heterocycles. The van der Waals surface area contributed by atoms with Gasteiger partial charge in [0.05, 0.1) is 5.69 Å². The summed E-state index contributed by atoms with van der Waals surface area (Å²) in [5.41, 5.74) is 3.66. The SMILES string of the molecule is CCCCC(=O)c1cccc(-c2cc(Cc3ccc(OC(F)(F)F)cc3)ncn2)c1. The normalized spacial score (nSPS) is 11.3. The number of halogens is 3. The Hall–Kier alpha value is -3.22. The largest absolute Gasteiger partial charge is 0.573 e. The molecule has 0 radical (unpaired) electrons. The second-order valence-corrected chi connectivity index (χ2v) is 6.87. The zero-order valence-corrected chi connectivity index (χ0v) is 16.4. The highest BCUT2D eigenvalue weighted by molar-refractivity contribution is 5.97. The van der Waals surface area contributed by atoms with Crippen molar-refractivity contribution in [1.29, 1.82) is 0 Å². The van der Waals surface area contributed by atoms with E-state index in [0.717, 1.165) is 24.0 Å². The van der Waals surface area contributed by atoms with E-state index in [9.17, 15) is 18.0 Å². The Morgan fingerprint density at radius 1 is 1.03 bits per heavy atom. The number of benzene rings is 2. The number of nitrogens with zero attached hydrogens (tertiary/aromatic N) is 2. The van der Waals surface area contributed by atoms with Crippen LogP contribution in [-0.4, -0.2) is 22.1 Å². The molecule has 0 aliphatic rings. The van der Waals surface area contributed by atoms with Crippen LogP contribution >= 0.6 is 0 Å². The Morgan fingerprint density at radius 2 is 1.80 bits per heavy atom. The first-order valence-electron chi connectivity index (χ1n) is 9.63. The van der Waals surface area contributed by atoms with Crippen LogP contribution in [0.2, 0.25) is 0 Å². The number of hydrogen-bond donors (Lipinski definition) is 0. The molecule has 0 saturated heterocycles. The number of alkyl halides is 3. The molecule has 0 aliphatic carbocycles. The molecule has 156 valence electrons. The maximum Gasteiger partial charge on any atom is 0.573 e. The second kappa shape index (κ2) is 9.52. The van der Waals surface area contributed by atoms with Gasteiger partial charge in [-0.1, -0.05) is 43.7 Å². The van der Waals surface area contributed by atoms with Crippen LogP contribution in [0.3, 0.4) is 0 Å². The maximum atomic E-state index is 12.3. The van der Waals surface area contributed by atoms with E-state index in [2.05, 4.69) is 14.7 Å². The lowest BCUT2D eigenvalue weighted by Crippen LogP contribution is -2.17. The van der Waals surface area contributed by atoms with Gasteiger partial charge < -0.3 is 4.74 Å². The van der Waals surface area contributed by atoms with E-state index in [1.807, 2.05) is 31.2 Å². The minimum absolute atomic E-state index is 0.106. The van der Waals surface area contributed by atoms with E-state index >= 15 is 0 Å². The predicted octanol–water partition coefficient (Wildman–Crippen LogP) is 6.01. The quantitative estimate of drug-likeness (QED) is 0.424.